The summed E-state index contributed by atoms with van der Waals surface area (Å²) in [5.41, 5.74) is 1.36. The zero-order valence-corrected chi connectivity index (χ0v) is 19.1. The average molecular weight is 479 g/mol. The van der Waals surface area contributed by atoms with Crippen molar-refractivity contribution in [2.75, 3.05) is 11.9 Å². The fourth-order valence-electron chi connectivity index (χ4n) is 2.99. The first kappa shape index (κ1) is 28.1. The van der Waals surface area contributed by atoms with Gasteiger partial charge in [-0.15, -0.1) is 0 Å². The van der Waals surface area contributed by atoms with E-state index < -0.39 is 32.9 Å². The first-order chi connectivity index (χ1) is 14.4. The Balaban J connectivity index is 0.00000512. The van der Waals surface area contributed by atoms with Gasteiger partial charge in [-0.1, -0.05) is 27.7 Å². The number of urea groups is 1. The summed E-state index contributed by atoms with van der Waals surface area (Å²) in [5.74, 6) is -1.42. The molecule has 2 aromatic rings. The van der Waals surface area contributed by atoms with Crippen molar-refractivity contribution in [2.45, 2.75) is 51.5 Å². The van der Waals surface area contributed by atoms with Gasteiger partial charge in [-0.3, -0.25) is 4.68 Å². The summed E-state index contributed by atoms with van der Waals surface area (Å²) < 4.78 is 47.1. The molecule has 0 spiro atoms. The normalized spacial score (nSPS) is 11.3. The molecule has 0 bridgehead atoms. The number of sulfonamides is 1. The van der Waals surface area contributed by atoms with Crippen LogP contribution in [0.25, 0.3) is 0 Å². The number of benzene rings is 1. The summed E-state index contributed by atoms with van der Waals surface area (Å²) in [5, 5.41) is 5.81. The van der Waals surface area contributed by atoms with Crippen LogP contribution in [-0.4, -0.2) is 66.4 Å². The molecule has 1 aromatic heterocycles. The van der Waals surface area contributed by atoms with Crippen LogP contribution in [-0.2, 0) is 21.8 Å². The van der Waals surface area contributed by atoms with Crippen molar-refractivity contribution in [2.24, 2.45) is 7.05 Å². The van der Waals surface area contributed by atoms with Crippen LogP contribution in [0.3, 0.4) is 0 Å². The number of carbonyl (C=O) groups is 2. The van der Waals surface area contributed by atoms with E-state index in [-0.39, 0.29) is 53.7 Å². The van der Waals surface area contributed by atoms with Gasteiger partial charge in [0.25, 0.3) is 10.0 Å². The fraction of sp³-hybridized carbons (Fsp3) is 0.450. The molecule has 0 aliphatic carbocycles. The molecule has 1 heterocycles. The van der Waals surface area contributed by atoms with Crippen LogP contribution in [0, 0.1) is 5.82 Å². The van der Waals surface area contributed by atoms with Crippen molar-refractivity contribution in [1.82, 2.24) is 14.5 Å². The average Bonchev–Trinajstić information content (AvgIpc) is 3.05. The van der Waals surface area contributed by atoms with Crippen LogP contribution in [0.2, 0.25) is 0 Å². The Kier molecular flexibility index (Phi) is 9.88. The number of anilines is 1. The van der Waals surface area contributed by atoms with Crippen LogP contribution >= 0.6 is 0 Å². The molecule has 0 unspecified atom stereocenters. The third kappa shape index (κ3) is 6.53. The van der Waals surface area contributed by atoms with E-state index in [0.717, 1.165) is 10.7 Å². The maximum absolute atomic E-state index is 14.0. The first-order valence-electron chi connectivity index (χ1n) is 9.75. The van der Waals surface area contributed by atoms with E-state index in [9.17, 15) is 22.4 Å². The predicted molar refractivity (Wildman–Crippen MR) is 120 cm³/mol. The number of amides is 2. The van der Waals surface area contributed by atoms with Crippen molar-refractivity contribution in [3.8, 4) is 0 Å². The maximum atomic E-state index is 14.0. The van der Waals surface area contributed by atoms with E-state index in [4.69, 9.17) is 4.74 Å². The number of aromatic nitrogens is 2. The van der Waals surface area contributed by atoms with Crippen molar-refractivity contribution in [3.63, 3.8) is 0 Å². The summed E-state index contributed by atoms with van der Waals surface area (Å²) in [6, 6.07) is 2.61. The fourth-order valence-corrected chi connectivity index (χ4v) is 3.88. The molecular formula is C20H28FN4NaO5S. The Morgan fingerprint density at radius 1 is 1.12 bits per heavy atom. The third-order valence-electron chi connectivity index (χ3n) is 4.49. The quantitative estimate of drug-likeness (QED) is 0.467. The molecule has 9 nitrogen and oxygen atoms in total. The molecule has 0 fully saturated rings. The Morgan fingerprint density at radius 3 is 2.12 bits per heavy atom. The van der Waals surface area contributed by atoms with Gasteiger partial charge in [0.1, 0.15) is 11.5 Å². The number of esters is 1. The Bertz CT molecular complexity index is 1070. The predicted octanol–water partition coefficient (Wildman–Crippen LogP) is 2.84. The number of carbonyl (C=O) groups excluding carboxylic acids is 2. The number of nitrogens with one attached hydrogen (secondary N) is 2. The number of rotatable bonds is 7. The summed E-state index contributed by atoms with van der Waals surface area (Å²) >= 11 is 0. The van der Waals surface area contributed by atoms with Gasteiger partial charge in [-0.25, -0.2) is 18.7 Å². The van der Waals surface area contributed by atoms with E-state index in [1.165, 1.54) is 19.2 Å². The molecular weight excluding hydrogens is 450 g/mol. The van der Waals surface area contributed by atoms with Gasteiger partial charge < -0.3 is 10.1 Å². The molecule has 172 valence electrons. The Morgan fingerprint density at radius 2 is 1.66 bits per heavy atom. The second kappa shape index (κ2) is 11.3. The van der Waals surface area contributed by atoms with Gasteiger partial charge in [-0.2, -0.15) is 13.5 Å². The van der Waals surface area contributed by atoms with Gasteiger partial charge in [0.05, 0.1) is 6.61 Å². The first-order valence-corrected chi connectivity index (χ1v) is 11.2. The minimum absolute atomic E-state index is 0. The van der Waals surface area contributed by atoms with E-state index >= 15 is 0 Å². The minimum atomic E-state index is -4.38. The summed E-state index contributed by atoms with van der Waals surface area (Å²) in [6.45, 7) is 9.07. The van der Waals surface area contributed by atoms with E-state index in [0.29, 0.717) is 16.8 Å². The monoisotopic (exact) mass is 478 g/mol. The van der Waals surface area contributed by atoms with E-state index in [1.807, 2.05) is 32.4 Å². The van der Waals surface area contributed by atoms with Crippen molar-refractivity contribution in [1.29, 1.82) is 0 Å². The van der Waals surface area contributed by atoms with Crippen LogP contribution in [0.15, 0.2) is 23.2 Å². The number of halogens is 1. The molecule has 12 heteroatoms. The molecule has 0 saturated carbocycles. The third-order valence-corrected chi connectivity index (χ3v) is 5.70. The zero-order chi connectivity index (χ0) is 23.5. The molecule has 2 rings (SSSR count). The number of nitrogens with zero attached hydrogens (tertiary/aromatic N) is 2. The van der Waals surface area contributed by atoms with Crippen molar-refractivity contribution in [3.05, 3.63) is 40.8 Å². The second-order valence-corrected chi connectivity index (χ2v) is 9.17. The van der Waals surface area contributed by atoms with Gasteiger partial charge >= 0.3 is 41.6 Å². The number of hydrogen-bond donors (Lipinski definition) is 2. The van der Waals surface area contributed by atoms with Crippen LogP contribution in [0.4, 0.5) is 14.9 Å². The molecule has 0 aliphatic heterocycles. The van der Waals surface area contributed by atoms with Gasteiger partial charge in [0.15, 0.2) is 5.03 Å². The molecule has 0 aliphatic rings. The van der Waals surface area contributed by atoms with Crippen molar-refractivity contribution >= 4 is 57.3 Å². The number of hydrogen-bond acceptors (Lipinski definition) is 6. The number of ether oxygens (including phenoxy) is 1. The number of aryl methyl sites for hydroxylation is 1. The Labute approximate surface area is 209 Å². The molecule has 2 amide bonds. The van der Waals surface area contributed by atoms with Gasteiger partial charge in [-0.05, 0) is 42.0 Å². The summed E-state index contributed by atoms with van der Waals surface area (Å²) in [4.78, 5) is 24.4. The summed E-state index contributed by atoms with van der Waals surface area (Å²) in [7, 11) is -3.00. The molecule has 0 atom stereocenters. The SMILES string of the molecule is CCOC(=O)c1cc(S(=O)(=O)NC(=O)Nc2c(C(C)C)cc(F)cc2C(C)C)nn1C.[NaH]. The molecule has 32 heavy (non-hydrogen) atoms. The zero-order valence-electron chi connectivity index (χ0n) is 18.3. The van der Waals surface area contributed by atoms with Gasteiger partial charge in [0.2, 0.25) is 0 Å². The Hall–Kier alpha value is -1.95. The van der Waals surface area contributed by atoms with Gasteiger partial charge in [0, 0.05) is 18.8 Å². The van der Waals surface area contributed by atoms with Crippen LogP contribution < -0.4 is 10.0 Å². The second-order valence-electron chi connectivity index (χ2n) is 7.54. The topological polar surface area (TPSA) is 119 Å². The standard InChI is InChI=1S/C20H27FN4O5S.Na.H/c1-7-30-19(26)16-10-17(23-25(16)6)31(28,29)24-20(27)22-18-14(11(2)3)8-13(21)9-15(18)12(4)5;;/h8-12H,7H2,1-6H3,(H2,22,24,27);;. The molecule has 0 radical (unpaired) electrons. The van der Waals surface area contributed by atoms with E-state index in [2.05, 4.69) is 10.4 Å². The van der Waals surface area contributed by atoms with E-state index in [1.54, 1.807) is 6.92 Å². The van der Waals surface area contributed by atoms with Crippen LogP contribution in [0.5, 0.6) is 0 Å². The molecule has 2 N–H and O–H groups in total. The molecule has 0 saturated heterocycles. The van der Waals surface area contributed by atoms with Crippen molar-refractivity contribution < 1.29 is 27.1 Å². The molecule has 1 aromatic carbocycles. The summed E-state index contributed by atoms with van der Waals surface area (Å²) in [6.07, 6.45) is 0. The van der Waals surface area contributed by atoms with Crippen LogP contribution in [0.1, 0.15) is 68.1 Å².